The van der Waals surface area contributed by atoms with Crippen molar-refractivity contribution in [2.75, 3.05) is 20.6 Å². The van der Waals surface area contributed by atoms with Crippen LogP contribution >= 0.6 is 0 Å². The number of hydrogen-bond donors (Lipinski definition) is 1. The van der Waals surface area contributed by atoms with Crippen LogP contribution in [0, 0.1) is 13.8 Å². The highest BCUT2D eigenvalue weighted by Crippen LogP contribution is 2.26. The Hall–Kier alpha value is -2.92. The van der Waals surface area contributed by atoms with Crippen molar-refractivity contribution in [2.45, 2.75) is 26.8 Å². The second-order valence-corrected chi connectivity index (χ2v) is 7.19. The van der Waals surface area contributed by atoms with E-state index >= 15 is 0 Å². The largest absolute Gasteiger partial charge is 0.341 e. The fourth-order valence-corrected chi connectivity index (χ4v) is 3.14. The van der Waals surface area contributed by atoms with Gasteiger partial charge in [-0.2, -0.15) is 5.10 Å². The number of carbonyl (C=O) groups excluding carboxylic acids is 1. The summed E-state index contributed by atoms with van der Waals surface area (Å²) in [7, 11) is 3.71. The predicted molar refractivity (Wildman–Crippen MR) is 113 cm³/mol. The summed E-state index contributed by atoms with van der Waals surface area (Å²) in [5.74, 6) is 0.118. The SMILES string of the molecule is CNCCC(=O)N(C)Cc1cn(-c2ccccc2)nc1-c1ccc(C)c(C)c1. The molecule has 0 aliphatic carbocycles. The van der Waals surface area contributed by atoms with Crippen LogP contribution in [0.4, 0.5) is 0 Å². The van der Waals surface area contributed by atoms with Gasteiger partial charge in [-0.1, -0.05) is 30.3 Å². The molecule has 0 aliphatic heterocycles. The maximum absolute atomic E-state index is 12.4. The number of carbonyl (C=O) groups is 1. The number of amides is 1. The normalized spacial score (nSPS) is 10.9. The van der Waals surface area contributed by atoms with Crippen LogP contribution in [0.5, 0.6) is 0 Å². The van der Waals surface area contributed by atoms with E-state index in [0.717, 1.165) is 22.5 Å². The van der Waals surface area contributed by atoms with E-state index in [0.29, 0.717) is 19.5 Å². The average Bonchev–Trinajstić information content (AvgIpc) is 3.12. The van der Waals surface area contributed by atoms with E-state index in [1.165, 1.54) is 11.1 Å². The first-order valence-electron chi connectivity index (χ1n) is 9.59. The van der Waals surface area contributed by atoms with Gasteiger partial charge in [0.2, 0.25) is 5.91 Å². The summed E-state index contributed by atoms with van der Waals surface area (Å²) in [4.78, 5) is 14.2. The highest BCUT2D eigenvalue weighted by Gasteiger charge is 2.17. The molecule has 0 spiro atoms. The van der Waals surface area contributed by atoms with E-state index in [9.17, 15) is 4.79 Å². The Labute approximate surface area is 167 Å². The van der Waals surface area contributed by atoms with E-state index < -0.39 is 0 Å². The molecular formula is C23H28N4O. The molecule has 0 atom stereocenters. The van der Waals surface area contributed by atoms with Gasteiger partial charge in [0, 0.05) is 43.9 Å². The number of nitrogens with zero attached hydrogens (tertiary/aromatic N) is 3. The molecule has 1 aromatic heterocycles. The Balaban J connectivity index is 1.97. The van der Waals surface area contributed by atoms with Crippen LogP contribution in [0.25, 0.3) is 16.9 Å². The second-order valence-electron chi connectivity index (χ2n) is 7.19. The molecule has 1 N–H and O–H groups in total. The molecular weight excluding hydrogens is 348 g/mol. The molecule has 1 amide bonds. The van der Waals surface area contributed by atoms with Crippen LogP contribution < -0.4 is 5.32 Å². The molecule has 0 saturated heterocycles. The lowest BCUT2D eigenvalue weighted by Gasteiger charge is -2.17. The molecule has 1 heterocycles. The summed E-state index contributed by atoms with van der Waals surface area (Å²) in [5, 5.41) is 7.89. The summed E-state index contributed by atoms with van der Waals surface area (Å²) in [6, 6.07) is 16.4. The number of aromatic nitrogens is 2. The summed E-state index contributed by atoms with van der Waals surface area (Å²) >= 11 is 0. The first-order valence-corrected chi connectivity index (χ1v) is 9.59. The highest BCUT2D eigenvalue weighted by molar-refractivity contribution is 5.76. The first kappa shape index (κ1) is 19.8. The summed E-state index contributed by atoms with van der Waals surface area (Å²) in [6.07, 6.45) is 2.51. The fraction of sp³-hybridized carbons (Fsp3) is 0.304. The molecule has 3 aromatic rings. The lowest BCUT2D eigenvalue weighted by atomic mass is 10.0. The van der Waals surface area contributed by atoms with Gasteiger partial charge in [0.1, 0.15) is 0 Å². The minimum absolute atomic E-state index is 0.118. The third-order valence-electron chi connectivity index (χ3n) is 5.01. The van der Waals surface area contributed by atoms with Gasteiger partial charge in [-0.25, -0.2) is 4.68 Å². The quantitative estimate of drug-likeness (QED) is 0.684. The van der Waals surface area contributed by atoms with Gasteiger partial charge in [0.05, 0.1) is 11.4 Å². The molecule has 0 bridgehead atoms. The van der Waals surface area contributed by atoms with Crippen molar-refractivity contribution in [3.05, 3.63) is 71.4 Å². The zero-order valence-electron chi connectivity index (χ0n) is 17.1. The summed E-state index contributed by atoms with van der Waals surface area (Å²) < 4.78 is 1.89. The third kappa shape index (κ3) is 4.49. The van der Waals surface area contributed by atoms with E-state index in [-0.39, 0.29) is 5.91 Å². The minimum atomic E-state index is 0.118. The van der Waals surface area contributed by atoms with Crippen LogP contribution in [0.15, 0.2) is 54.7 Å². The van der Waals surface area contributed by atoms with Crippen LogP contribution in [0.3, 0.4) is 0 Å². The molecule has 0 unspecified atom stereocenters. The predicted octanol–water partition coefficient (Wildman–Crippen LogP) is 3.72. The van der Waals surface area contributed by atoms with E-state index in [2.05, 4.69) is 37.4 Å². The van der Waals surface area contributed by atoms with Crippen LogP contribution in [-0.2, 0) is 11.3 Å². The monoisotopic (exact) mass is 376 g/mol. The molecule has 0 radical (unpaired) electrons. The molecule has 0 aliphatic rings. The van der Waals surface area contributed by atoms with Crippen molar-refractivity contribution in [3.63, 3.8) is 0 Å². The average molecular weight is 377 g/mol. The van der Waals surface area contributed by atoms with Crippen molar-refractivity contribution >= 4 is 5.91 Å². The Bertz CT molecular complexity index is 946. The van der Waals surface area contributed by atoms with Gasteiger partial charge < -0.3 is 10.2 Å². The molecule has 146 valence electrons. The van der Waals surface area contributed by atoms with Crippen LogP contribution in [0.2, 0.25) is 0 Å². The molecule has 2 aromatic carbocycles. The lowest BCUT2D eigenvalue weighted by Crippen LogP contribution is -2.28. The molecule has 0 saturated carbocycles. The number of nitrogens with one attached hydrogen (secondary N) is 1. The summed E-state index contributed by atoms with van der Waals surface area (Å²) in [5.41, 5.74) is 6.52. The maximum atomic E-state index is 12.4. The van der Waals surface area contributed by atoms with Crippen molar-refractivity contribution < 1.29 is 4.79 Å². The highest BCUT2D eigenvalue weighted by atomic mass is 16.2. The number of aryl methyl sites for hydroxylation is 2. The number of para-hydroxylation sites is 1. The van der Waals surface area contributed by atoms with Gasteiger partial charge in [-0.15, -0.1) is 0 Å². The van der Waals surface area contributed by atoms with Gasteiger partial charge in [-0.05, 0) is 50.2 Å². The lowest BCUT2D eigenvalue weighted by molar-refractivity contribution is -0.130. The van der Waals surface area contributed by atoms with Crippen molar-refractivity contribution in [2.24, 2.45) is 0 Å². The fourth-order valence-electron chi connectivity index (χ4n) is 3.14. The Morgan fingerprint density at radius 2 is 1.86 bits per heavy atom. The standard InChI is InChI=1S/C23H28N4O/c1-17-10-11-19(14-18(17)2)23-20(15-26(4)22(28)12-13-24-3)16-27(25-23)21-8-6-5-7-9-21/h5-11,14,16,24H,12-13,15H2,1-4H3. The van der Waals surface area contributed by atoms with Gasteiger partial charge in [0.15, 0.2) is 0 Å². The molecule has 5 nitrogen and oxygen atoms in total. The smallest absolute Gasteiger partial charge is 0.223 e. The zero-order valence-corrected chi connectivity index (χ0v) is 17.1. The summed E-state index contributed by atoms with van der Waals surface area (Å²) in [6.45, 7) is 5.42. The topological polar surface area (TPSA) is 50.2 Å². The first-order chi connectivity index (χ1) is 13.5. The molecule has 28 heavy (non-hydrogen) atoms. The van der Waals surface area contributed by atoms with Gasteiger partial charge in [-0.3, -0.25) is 4.79 Å². The van der Waals surface area contributed by atoms with Gasteiger partial charge in [0.25, 0.3) is 0 Å². The molecule has 3 rings (SSSR count). The van der Waals surface area contributed by atoms with Crippen LogP contribution in [-0.4, -0.2) is 41.2 Å². The number of rotatable bonds is 7. The Morgan fingerprint density at radius 1 is 1.11 bits per heavy atom. The molecule has 5 heteroatoms. The Morgan fingerprint density at radius 3 is 2.54 bits per heavy atom. The second kappa shape index (κ2) is 8.85. The van der Waals surface area contributed by atoms with Crippen molar-refractivity contribution in [3.8, 4) is 16.9 Å². The minimum Gasteiger partial charge on any atom is -0.341 e. The van der Waals surface area contributed by atoms with Gasteiger partial charge >= 0.3 is 0 Å². The zero-order chi connectivity index (χ0) is 20.1. The van der Waals surface area contributed by atoms with Crippen molar-refractivity contribution in [1.29, 1.82) is 0 Å². The molecule has 0 fully saturated rings. The van der Waals surface area contributed by atoms with Crippen LogP contribution in [0.1, 0.15) is 23.1 Å². The maximum Gasteiger partial charge on any atom is 0.223 e. The van der Waals surface area contributed by atoms with E-state index in [1.54, 1.807) is 4.90 Å². The third-order valence-corrected chi connectivity index (χ3v) is 5.01. The number of benzene rings is 2. The number of hydrogen-bond acceptors (Lipinski definition) is 3. The van der Waals surface area contributed by atoms with E-state index in [4.69, 9.17) is 5.10 Å². The Kier molecular flexibility index (Phi) is 6.26. The van der Waals surface area contributed by atoms with E-state index in [1.807, 2.05) is 55.3 Å². The van der Waals surface area contributed by atoms with Crippen molar-refractivity contribution in [1.82, 2.24) is 20.0 Å².